The summed E-state index contributed by atoms with van der Waals surface area (Å²) in [5.74, 6) is 0. The van der Waals surface area contributed by atoms with Crippen LogP contribution in [-0.4, -0.2) is 8.63 Å². The molecule has 0 rings (SSSR count). The summed E-state index contributed by atoms with van der Waals surface area (Å²) in [7, 11) is -10.8. The monoisotopic (exact) mass is 234 g/mol. The molecule has 0 radical (unpaired) electrons. The fraction of sp³-hybridized carbons (Fsp3) is 0. The van der Waals surface area contributed by atoms with Crippen molar-refractivity contribution in [2.45, 2.75) is 0 Å². The van der Waals surface area contributed by atoms with E-state index in [4.69, 9.17) is 19.6 Å². The van der Waals surface area contributed by atoms with Crippen LogP contribution in [0.3, 0.4) is 0 Å². The predicted molar refractivity (Wildman–Crippen MR) is 30.1 cm³/mol. The van der Waals surface area contributed by atoms with Crippen molar-refractivity contribution < 1.29 is 24.6 Å². The average molecular weight is 234 g/mol. The molecule has 13 heavy (non-hydrogen) atoms. The Labute approximate surface area is 64.3 Å². The Hall–Kier alpha value is -1.58. The van der Waals surface area contributed by atoms with E-state index in [1.165, 1.54) is 0 Å². The van der Waals surface area contributed by atoms with E-state index in [1.54, 1.807) is 0 Å². The van der Waals surface area contributed by atoms with E-state index in [-0.39, 0.29) is 0 Å². The first kappa shape index (κ1) is 17.5. The molecule has 0 saturated carbocycles. The molecule has 0 heterocycles. The van der Waals surface area contributed by atoms with Gasteiger partial charge < -0.3 is 0 Å². The van der Waals surface area contributed by atoms with E-state index in [0.717, 1.165) is 10.1 Å². The summed E-state index contributed by atoms with van der Waals surface area (Å²) in [6.07, 6.45) is 0. The van der Waals surface area contributed by atoms with Crippen LogP contribution in [0, 0.1) is 19.6 Å². The summed E-state index contributed by atoms with van der Waals surface area (Å²) in [4.78, 5) is 32.0. The van der Waals surface area contributed by atoms with Gasteiger partial charge >= 0.3 is 43.4 Å². The van der Waals surface area contributed by atoms with Crippen LogP contribution < -0.4 is 10.1 Å². The van der Waals surface area contributed by atoms with Gasteiger partial charge in [-0.05, 0) is 0 Å². The van der Waals surface area contributed by atoms with Crippen molar-refractivity contribution >= 4 is 8.63 Å². The zero-order chi connectivity index (χ0) is 11.8. The van der Waals surface area contributed by atoms with Crippen molar-refractivity contribution in [3.63, 3.8) is 0 Å². The SMILES string of the molecule is F[Si-2](F)(F)(F)(F)F.O=[N+]=O.O=[N+]=O. The molecular formula is F6N2O4Si. The first-order valence-corrected chi connectivity index (χ1v) is 4.13. The predicted octanol–water partition coefficient (Wildman–Crippen LogP) is 1.31. The van der Waals surface area contributed by atoms with Crippen LogP contribution in [0.5, 0.6) is 0 Å². The molecule has 0 aliphatic carbocycles. The molecule has 0 saturated heterocycles. The minimum absolute atomic E-state index is 1.00. The third-order valence-electron chi connectivity index (χ3n) is 0. The first-order chi connectivity index (χ1) is 5.28. The molecule has 0 amide bonds. The summed E-state index contributed by atoms with van der Waals surface area (Å²) in [6.45, 7) is 0. The van der Waals surface area contributed by atoms with Crippen LogP contribution in [0.4, 0.5) is 24.6 Å². The second-order valence-electron chi connectivity index (χ2n) is 1.22. The van der Waals surface area contributed by atoms with Gasteiger partial charge in [0.15, 0.2) is 0 Å². The first-order valence-electron chi connectivity index (χ1n) is 1.86. The minimum atomic E-state index is -10.8. The molecule has 0 atom stereocenters. The number of rotatable bonds is 0. The van der Waals surface area contributed by atoms with Gasteiger partial charge in [0.05, 0.1) is 0 Å². The van der Waals surface area contributed by atoms with E-state index in [2.05, 4.69) is 0 Å². The van der Waals surface area contributed by atoms with Crippen LogP contribution in [0.15, 0.2) is 0 Å². The molecule has 0 aromatic heterocycles. The maximum atomic E-state index is 9.88. The molecular weight excluding hydrogens is 234 g/mol. The molecule has 0 N–H and O–H groups in total. The maximum Gasteiger partial charge on any atom is 0.569 e. The third kappa shape index (κ3) is 294. The second-order valence-corrected chi connectivity index (χ2v) is 3.36. The number of halogens is 6. The fourth-order valence-corrected chi connectivity index (χ4v) is 0. The van der Waals surface area contributed by atoms with Gasteiger partial charge in [-0.15, -0.1) is 0 Å². The quantitative estimate of drug-likeness (QED) is 0.273. The topological polar surface area (TPSA) is 96.5 Å². The van der Waals surface area contributed by atoms with Crippen LogP contribution in [0.25, 0.3) is 0 Å². The van der Waals surface area contributed by atoms with Gasteiger partial charge in [0.1, 0.15) is 0 Å². The molecule has 6 nitrogen and oxygen atoms in total. The molecule has 0 spiro atoms. The molecule has 0 unspecified atom stereocenters. The molecule has 0 fully saturated rings. The summed E-state index contributed by atoms with van der Waals surface area (Å²) >= 11 is 0. The van der Waals surface area contributed by atoms with Crippen molar-refractivity contribution in [2.75, 3.05) is 0 Å². The largest absolute Gasteiger partial charge is 0.569 e. The second kappa shape index (κ2) is 3.89. The van der Waals surface area contributed by atoms with Crippen LogP contribution in [0.2, 0.25) is 0 Å². The van der Waals surface area contributed by atoms with E-state index in [1.807, 2.05) is 0 Å². The zero-order valence-electron chi connectivity index (χ0n) is 5.30. The van der Waals surface area contributed by atoms with Crippen LogP contribution in [0.1, 0.15) is 0 Å². The molecule has 0 aromatic rings. The summed E-state index contributed by atoms with van der Waals surface area (Å²) in [5, 5.41) is 2.00. The molecule has 0 aliphatic rings. The van der Waals surface area contributed by atoms with Crippen molar-refractivity contribution in [3.8, 4) is 0 Å². The van der Waals surface area contributed by atoms with Gasteiger partial charge in [0.25, 0.3) is 0 Å². The van der Waals surface area contributed by atoms with Gasteiger partial charge in [-0.3, -0.25) is 0 Å². The number of nitrogens with zero attached hydrogens (tertiary/aromatic N) is 2. The third-order valence-corrected chi connectivity index (χ3v) is 0. The van der Waals surface area contributed by atoms with Gasteiger partial charge in [0.2, 0.25) is 19.6 Å². The van der Waals surface area contributed by atoms with E-state index in [0.29, 0.717) is 0 Å². The van der Waals surface area contributed by atoms with Crippen molar-refractivity contribution in [1.82, 2.24) is 10.1 Å². The van der Waals surface area contributed by atoms with Crippen LogP contribution in [-0.2, 0) is 0 Å². The normalized spacial score (nSPS) is 13.7. The van der Waals surface area contributed by atoms with E-state index >= 15 is 0 Å². The number of hydrogen-bond acceptors (Lipinski definition) is 4. The molecule has 0 bridgehead atoms. The Morgan fingerprint density at radius 3 is 0.615 bits per heavy atom. The Balaban J connectivity index is -0.000000140. The van der Waals surface area contributed by atoms with Gasteiger partial charge in [-0.1, -0.05) is 0 Å². The van der Waals surface area contributed by atoms with E-state index < -0.39 is 8.63 Å². The molecule has 0 aliphatic heterocycles. The number of hydrogen-bond donors (Lipinski definition) is 0. The van der Waals surface area contributed by atoms with Crippen molar-refractivity contribution in [1.29, 1.82) is 0 Å². The van der Waals surface area contributed by atoms with Gasteiger partial charge in [-0.25, -0.2) is 0 Å². The summed E-state index contributed by atoms with van der Waals surface area (Å²) < 4.78 is 59.3. The average Bonchev–Trinajstić information content (AvgIpc) is 1.57. The summed E-state index contributed by atoms with van der Waals surface area (Å²) in [6, 6.07) is 0. The van der Waals surface area contributed by atoms with Gasteiger partial charge in [-0.2, -0.15) is 0 Å². The fourth-order valence-electron chi connectivity index (χ4n) is 0. The minimum Gasteiger partial charge on any atom is 0.215 e. The molecule has 0 aromatic carbocycles. The zero-order valence-corrected chi connectivity index (χ0v) is 6.30. The summed E-state index contributed by atoms with van der Waals surface area (Å²) in [5.41, 5.74) is 0. The Kier molecular flexibility index (Phi) is 5.23. The van der Waals surface area contributed by atoms with Gasteiger partial charge in [0, 0.05) is 0 Å². The standard InChI is InChI=1S/F6Si.2NO2/c1-7(2,3,4,5)6;2*2-1-3/q-2;2*+1. The Bertz CT molecular complexity index is 189. The maximum absolute atomic E-state index is 10.8. The van der Waals surface area contributed by atoms with Crippen molar-refractivity contribution in [2.24, 2.45) is 0 Å². The molecule has 80 valence electrons. The van der Waals surface area contributed by atoms with Crippen molar-refractivity contribution in [3.05, 3.63) is 19.6 Å². The Morgan fingerprint density at radius 2 is 0.615 bits per heavy atom. The number of nitroso groups, excluding NO2 is 4. The van der Waals surface area contributed by atoms with E-state index in [9.17, 15) is 24.6 Å². The molecule has 13 heteroatoms. The van der Waals surface area contributed by atoms with Crippen LogP contribution >= 0.6 is 0 Å². The Morgan fingerprint density at radius 1 is 0.615 bits per heavy atom. The smallest absolute Gasteiger partial charge is 0.215 e.